The first kappa shape index (κ1) is 21.0. The second-order valence-corrected chi connectivity index (χ2v) is 5.44. The van der Waals surface area contributed by atoms with Crippen molar-refractivity contribution in [3.05, 3.63) is 35.4 Å². The Bertz CT molecular complexity index is 565. The molecule has 25 heavy (non-hydrogen) atoms. The second-order valence-electron chi connectivity index (χ2n) is 5.44. The molecule has 0 atom stereocenters. The summed E-state index contributed by atoms with van der Waals surface area (Å²) < 4.78 is 37.4. The zero-order chi connectivity index (χ0) is 19.0. The van der Waals surface area contributed by atoms with Gasteiger partial charge in [-0.3, -0.25) is 9.59 Å². The van der Waals surface area contributed by atoms with E-state index in [4.69, 9.17) is 0 Å². The van der Waals surface area contributed by atoms with E-state index in [0.29, 0.717) is 13.1 Å². The largest absolute Gasteiger partial charge is 0.416 e. The molecule has 0 spiro atoms. The van der Waals surface area contributed by atoms with Crippen LogP contribution in [-0.2, 0) is 11.0 Å². The highest BCUT2D eigenvalue weighted by molar-refractivity contribution is 5.96. The average Bonchev–Trinajstić information content (AvgIpc) is 2.61. The van der Waals surface area contributed by atoms with Crippen molar-refractivity contribution in [2.24, 2.45) is 0 Å². The minimum absolute atomic E-state index is 0.0872. The van der Waals surface area contributed by atoms with E-state index in [2.05, 4.69) is 10.2 Å². The van der Waals surface area contributed by atoms with Gasteiger partial charge in [-0.05, 0) is 31.3 Å². The first-order chi connectivity index (χ1) is 11.8. The van der Waals surface area contributed by atoms with Crippen molar-refractivity contribution in [3.63, 3.8) is 0 Å². The van der Waals surface area contributed by atoms with Crippen molar-refractivity contribution in [2.45, 2.75) is 20.0 Å². The quantitative estimate of drug-likeness (QED) is 0.901. The minimum atomic E-state index is -4.44. The maximum atomic E-state index is 12.5. The summed E-state index contributed by atoms with van der Waals surface area (Å²) in [5, 5.41) is 2.44. The van der Waals surface area contributed by atoms with Crippen LogP contribution in [0.15, 0.2) is 24.3 Å². The molecule has 0 unspecified atom stereocenters. The topological polar surface area (TPSA) is 52.6 Å². The van der Waals surface area contributed by atoms with Crippen LogP contribution in [-0.4, -0.2) is 61.4 Å². The molecule has 0 saturated carbocycles. The molecular weight excluding hydrogens is 335 g/mol. The molecule has 5 nitrogen and oxygen atoms in total. The van der Waals surface area contributed by atoms with Gasteiger partial charge in [0.05, 0.1) is 12.1 Å². The molecule has 1 fully saturated rings. The van der Waals surface area contributed by atoms with Gasteiger partial charge in [-0.2, -0.15) is 13.2 Å². The second kappa shape index (κ2) is 9.41. The number of carbonyl (C=O) groups is 2. The fourth-order valence-electron chi connectivity index (χ4n) is 2.24. The van der Waals surface area contributed by atoms with Crippen LogP contribution in [0, 0.1) is 0 Å². The van der Waals surface area contributed by atoms with Gasteiger partial charge in [-0.25, -0.2) is 0 Å². The molecule has 0 bridgehead atoms. The molecule has 1 aliphatic rings. The monoisotopic (exact) mass is 359 g/mol. The summed E-state index contributed by atoms with van der Waals surface area (Å²) in [7, 11) is 1.97. The molecule has 1 aliphatic heterocycles. The molecule has 1 saturated heterocycles. The summed E-state index contributed by atoms with van der Waals surface area (Å²) in [5.41, 5.74) is -0.730. The Hall–Kier alpha value is -2.09. The molecule has 1 aromatic rings. The van der Waals surface area contributed by atoms with Gasteiger partial charge in [0.2, 0.25) is 5.91 Å². The molecule has 2 amide bonds. The molecule has 1 aromatic carbocycles. The van der Waals surface area contributed by atoms with Gasteiger partial charge in [0.25, 0.3) is 5.91 Å². The first-order valence-corrected chi connectivity index (χ1v) is 8.19. The lowest BCUT2D eigenvalue weighted by Gasteiger charge is -2.32. The number of alkyl halides is 3. The summed E-state index contributed by atoms with van der Waals surface area (Å²) in [5.74, 6) is -0.764. The van der Waals surface area contributed by atoms with Crippen molar-refractivity contribution in [1.29, 1.82) is 0 Å². The minimum Gasteiger partial charge on any atom is -0.343 e. The van der Waals surface area contributed by atoms with Crippen LogP contribution in [0.25, 0.3) is 0 Å². The lowest BCUT2D eigenvalue weighted by atomic mass is 10.1. The number of hydrogen-bond acceptors (Lipinski definition) is 3. The number of likely N-dealkylation sites (N-methyl/N-ethyl adjacent to an activating group) is 1. The van der Waals surface area contributed by atoms with E-state index < -0.39 is 17.6 Å². The smallest absolute Gasteiger partial charge is 0.343 e. The SMILES string of the molecule is CC.CN1CCN(C(=O)CNC(=O)c2ccc(C(F)(F)F)cc2)CC1. The summed E-state index contributed by atoms with van der Waals surface area (Å²) in [4.78, 5) is 27.6. The van der Waals surface area contributed by atoms with E-state index >= 15 is 0 Å². The van der Waals surface area contributed by atoms with Crippen molar-refractivity contribution >= 4 is 11.8 Å². The van der Waals surface area contributed by atoms with Crippen molar-refractivity contribution in [2.75, 3.05) is 39.8 Å². The van der Waals surface area contributed by atoms with E-state index in [1.807, 2.05) is 20.9 Å². The Balaban J connectivity index is 0.00000151. The molecule has 0 aromatic heterocycles. The fourth-order valence-corrected chi connectivity index (χ4v) is 2.24. The third kappa shape index (κ3) is 6.38. The van der Waals surface area contributed by atoms with Crippen LogP contribution in [0.1, 0.15) is 29.8 Å². The summed E-state index contributed by atoms with van der Waals surface area (Å²) in [6.45, 7) is 6.59. The third-order valence-electron chi connectivity index (χ3n) is 3.73. The average molecular weight is 359 g/mol. The maximum Gasteiger partial charge on any atom is 0.416 e. The van der Waals surface area contributed by atoms with E-state index in [1.54, 1.807) is 4.90 Å². The highest BCUT2D eigenvalue weighted by Crippen LogP contribution is 2.29. The predicted octanol–water partition coefficient (Wildman–Crippen LogP) is 2.24. The number of hydrogen-bond donors (Lipinski definition) is 1. The van der Waals surface area contributed by atoms with Crippen molar-refractivity contribution < 1.29 is 22.8 Å². The molecule has 0 radical (unpaired) electrons. The number of carbonyl (C=O) groups excluding carboxylic acids is 2. The van der Waals surface area contributed by atoms with Crippen LogP contribution in [0.3, 0.4) is 0 Å². The number of benzene rings is 1. The van der Waals surface area contributed by atoms with Gasteiger partial charge >= 0.3 is 6.18 Å². The normalized spacial score (nSPS) is 15.2. The Morgan fingerprint density at radius 1 is 1.04 bits per heavy atom. The summed E-state index contributed by atoms with van der Waals surface area (Å²) in [6.07, 6.45) is -4.44. The highest BCUT2D eigenvalue weighted by atomic mass is 19.4. The van der Waals surface area contributed by atoms with Gasteiger partial charge in [0, 0.05) is 31.7 Å². The number of nitrogens with zero attached hydrogens (tertiary/aromatic N) is 2. The van der Waals surface area contributed by atoms with Crippen LogP contribution < -0.4 is 5.32 Å². The first-order valence-electron chi connectivity index (χ1n) is 8.19. The molecule has 8 heteroatoms. The zero-order valence-electron chi connectivity index (χ0n) is 14.7. The Morgan fingerprint density at radius 3 is 2.04 bits per heavy atom. The van der Waals surface area contributed by atoms with E-state index in [0.717, 1.165) is 37.4 Å². The highest BCUT2D eigenvalue weighted by Gasteiger charge is 2.30. The molecule has 1 N–H and O–H groups in total. The standard InChI is InChI=1S/C15H18F3N3O2.C2H6/c1-20-6-8-21(9-7-20)13(22)10-19-14(23)11-2-4-12(5-3-11)15(16,17)18;1-2/h2-5H,6-10H2,1H3,(H,19,23);1-2H3. The van der Waals surface area contributed by atoms with E-state index in [1.165, 1.54) is 0 Å². The van der Waals surface area contributed by atoms with E-state index in [9.17, 15) is 22.8 Å². The number of nitrogens with one attached hydrogen (secondary N) is 1. The van der Waals surface area contributed by atoms with Gasteiger partial charge in [-0.15, -0.1) is 0 Å². The van der Waals surface area contributed by atoms with Crippen LogP contribution in [0.5, 0.6) is 0 Å². The lowest BCUT2D eigenvalue weighted by Crippen LogP contribution is -2.50. The molecule has 140 valence electrons. The number of rotatable bonds is 3. The number of halogens is 3. The van der Waals surface area contributed by atoms with Crippen LogP contribution in [0.4, 0.5) is 13.2 Å². The van der Waals surface area contributed by atoms with E-state index in [-0.39, 0.29) is 18.0 Å². The Morgan fingerprint density at radius 2 is 1.56 bits per heavy atom. The van der Waals surface area contributed by atoms with Gasteiger partial charge in [-0.1, -0.05) is 13.8 Å². The van der Waals surface area contributed by atoms with Crippen LogP contribution in [0.2, 0.25) is 0 Å². The Labute approximate surface area is 145 Å². The zero-order valence-corrected chi connectivity index (χ0v) is 14.7. The Kier molecular flexibility index (Phi) is 7.89. The fraction of sp³-hybridized carbons (Fsp3) is 0.529. The third-order valence-corrected chi connectivity index (χ3v) is 3.73. The molecule has 0 aliphatic carbocycles. The number of amides is 2. The molecule has 1 heterocycles. The van der Waals surface area contributed by atoms with Crippen molar-refractivity contribution in [3.8, 4) is 0 Å². The lowest BCUT2D eigenvalue weighted by molar-refractivity contribution is -0.137. The van der Waals surface area contributed by atoms with Gasteiger partial charge < -0.3 is 15.1 Å². The van der Waals surface area contributed by atoms with Crippen molar-refractivity contribution in [1.82, 2.24) is 15.1 Å². The number of piperazine rings is 1. The summed E-state index contributed by atoms with van der Waals surface area (Å²) >= 11 is 0. The molecule has 2 rings (SSSR count). The van der Waals surface area contributed by atoms with Crippen LogP contribution >= 0.6 is 0 Å². The van der Waals surface area contributed by atoms with Gasteiger partial charge in [0.15, 0.2) is 0 Å². The molecular formula is C17H24F3N3O2. The predicted molar refractivity (Wildman–Crippen MR) is 89.2 cm³/mol. The maximum absolute atomic E-state index is 12.5. The van der Waals surface area contributed by atoms with Gasteiger partial charge in [0.1, 0.15) is 0 Å². The summed E-state index contributed by atoms with van der Waals surface area (Å²) in [6, 6.07) is 3.88.